The maximum atomic E-state index is 14.9. The standard InChI is InChI=1S/C29H31ClFN5O3/c1-3-23(38)34-13-14-35(17(2)16-34)26-18-15-19(30)25(24-20(31)7-6-8-21(24)37)32-27(18)36(28(39)33-26)22-9-12-29(22)10-4-5-11-29/h3,6-8,15,17,22,37H,1,4-5,9-14,16H2,2H3. The van der Waals surface area contributed by atoms with E-state index in [1.807, 2.05) is 11.8 Å². The smallest absolute Gasteiger partial charge is 0.351 e. The molecule has 3 aliphatic rings. The Morgan fingerprint density at radius 1 is 1.23 bits per heavy atom. The van der Waals surface area contributed by atoms with Crippen LogP contribution in [0.4, 0.5) is 10.2 Å². The third-order valence-electron chi connectivity index (χ3n) is 8.98. The van der Waals surface area contributed by atoms with Crippen LogP contribution < -0.4 is 10.6 Å². The van der Waals surface area contributed by atoms with Gasteiger partial charge in [-0.1, -0.05) is 37.1 Å². The fourth-order valence-corrected chi connectivity index (χ4v) is 7.14. The van der Waals surface area contributed by atoms with E-state index in [2.05, 4.69) is 11.6 Å². The summed E-state index contributed by atoms with van der Waals surface area (Å²) in [6, 6.07) is 5.54. The number of hydrogen-bond acceptors (Lipinski definition) is 6. The monoisotopic (exact) mass is 551 g/mol. The summed E-state index contributed by atoms with van der Waals surface area (Å²) in [7, 11) is 0. The summed E-state index contributed by atoms with van der Waals surface area (Å²) in [5, 5.41) is 11.3. The van der Waals surface area contributed by atoms with E-state index in [0.717, 1.165) is 38.5 Å². The molecule has 1 spiro atoms. The summed E-state index contributed by atoms with van der Waals surface area (Å²) in [6.07, 6.45) is 7.58. The van der Waals surface area contributed by atoms with Crippen LogP contribution >= 0.6 is 11.6 Å². The number of carbonyl (C=O) groups excluding carboxylic acids is 1. The number of piperazine rings is 1. The molecule has 6 rings (SSSR count). The number of phenols is 1. The van der Waals surface area contributed by atoms with Crippen LogP contribution in [0, 0.1) is 11.2 Å². The van der Waals surface area contributed by atoms with E-state index >= 15 is 0 Å². The number of nitrogens with zero attached hydrogens (tertiary/aromatic N) is 5. The number of fused-ring (bicyclic) bond motifs is 1. The average Bonchev–Trinajstić information content (AvgIpc) is 3.42. The Balaban J connectivity index is 1.55. The Morgan fingerprint density at radius 3 is 2.64 bits per heavy atom. The molecule has 1 saturated heterocycles. The number of amides is 1. The van der Waals surface area contributed by atoms with Gasteiger partial charge in [0.2, 0.25) is 5.91 Å². The molecule has 39 heavy (non-hydrogen) atoms. The van der Waals surface area contributed by atoms with Crippen LogP contribution in [0.1, 0.15) is 51.5 Å². The van der Waals surface area contributed by atoms with Gasteiger partial charge in [0.05, 0.1) is 21.7 Å². The summed E-state index contributed by atoms with van der Waals surface area (Å²) >= 11 is 6.71. The van der Waals surface area contributed by atoms with E-state index in [-0.39, 0.29) is 45.4 Å². The maximum absolute atomic E-state index is 14.9. The molecule has 1 amide bonds. The molecular weight excluding hydrogens is 521 g/mol. The SMILES string of the molecule is C=CC(=O)N1CCN(c2nc(=O)n(C3CCC34CCCC4)c3nc(-c4c(O)cccc4F)c(Cl)cc23)C(C)C1. The predicted octanol–water partition coefficient (Wildman–Crippen LogP) is 5.08. The van der Waals surface area contributed by atoms with E-state index in [4.69, 9.17) is 16.6 Å². The molecule has 2 atom stereocenters. The number of pyridine rings is 1. The fraction of sp³-hybridized carbons (Fsp3) is 0.448. The zero-order valence-corrected chi connectivity index (χ0v) is 22.6. The molecule has 2 aliphatic carbocycles. The first-order valence-electron chi connectivity index (χ1n) is 13.5. The Bertz CT molecular complexity index is 1530. The Morgan fingerprint density at radius 2 is 2.00 bits per heavy atom. The number of aromatic hydroxyl groups is 1. The van der Waals surface area contributed by atoms with Crippen molar-refractivity contribution in [1.29, 1.82) is 0 Å². The number of phenolic OH excluding ortho intramolecular Hbond substituents is 1. The Kier molecular flexibility index (Phi) is 6.37. The summed E-state index contributed by atoms with van der Waals surface area (Å²) < 4.78 is 16.6. The van der Waals surface area contributed by atoms with Gasteiger partial charge in [-0.15, -0.1) is 0 Å². The molecule has 0 bridgehead atoms. The summed E-state index contributed by atoms with van der Waals surface area (Å²) in [5.41, 5.74) is 0.0183. The molecule has 1 aromatic carbocycles. The van der Waals surface area contributed by atoms with Gasteiger partial charge in [-0.25, -0.2) is 14.2 Å². The lowest BCUT2D eigenvalue weighted by molar-refractivity contribution is -0.126. The largest absolute Gasteiger partial charge is 0.507 e. The van der Waals surface area contributed by atoms with Crippen LogP contribution in [0.2, 0.25) is 5.02 Å². The van der Waals surface area contributed by atoms with Crippen molar-refractivity contribution < 1.29 is 14.3 Å². The van der Waals surface area contributed by atoms with Gasteiger partial charge >= 0.3 is 5.69 Å². The summed E-state index contributed by atoms with van der Waals surface area (Å²) in [6.45, 7) is 6.93. The highest BCUT2D eigenvalue weighted by Crippen LogP contribution is 2.59. The minimum Gasteiger partial charge on any atom is -0.507 e. The van der Waals surface area contributed by atoms with Gasteiger partial charge in [0.15, 0.2) is 0 Å². The number of anilines is 1. The number of hydrogen-bond donors (Lipinski definition) is 1. The van der Waals surface area contributed by atoms with Crippen molar-refractivity contribution in [2.45, 2.75) is 57.5 Å². The highest BCUT2D eigenvalue weighted by molar-refractivity contribution is 6.34. The first-order chi connectivity index (χ1) is 18.7. The third kappa shape index (κ3) is 4.09. The van der Waals surface area contributed by atoms with Crippen LogP contribution in [0.5, 0.6) is 5.75 Å². The zero-order valence-electron chi connectivity index (χ0n) is 21.9. The quantitative estimate of drug-likeness (QED) is 0.455. The second kappa shape index (κ2) is 9.62. The number of halogens is 2. The normalized spacial score (nSPS) is 22.3. The molecule has 8 nitrogen and oxygen atoms in total. The van der Waals surface area contributed by atoms with E-state index in [0.29, 0.717) is 36.5 Å². The molecule has 10 heteroatoms. The molecule has 204 valence electrons. The van der Waals surface area contributed by atoms with Crippen LogP contribution in [-0.4, -0.2) is 56.1 Å². The van der Waals surface area contributed by atoms with E-state index in [1.54, 1.807) is 15.5 Å². The van der Waals surface area contributed by atoms with Crippen LogP contribution in [-0.2, 0) is 4.79 Å². The van der Waals surface area contributed by atoms with Crippen molar-refractivity contribution >= 4 is 34.4 Å². The molecule has 1 aliphatic heterocycles. The predicted molar refractivity (Wildman–Crippen MR) is 149 cm³/mol. The molecule has 2 unspecified atom stereocenters. The third-order valence-corrected chi connectivity index (χ3v) is 9.27. The van der Waals surface area contributed by atoms with E-state index < -0.39 is 11.5 Å². The van der Waals surface area contributed by atoms with Crippen molar-refractivity contribution in [3.63, 3.8) is 0 Å². The second-order valence-electron chi connectivity index (χ2n) is 11.1. The van der Waals surface area contributed by atoms with Gasteiger partial charge in [-0.2, -0.15) is 4.98 Å². The van der Waals surface area contributed by atoms with Gasteiger partial charge in [-0.3, -0.25) is 9.36 Å². The topological polar surface area (TPSA) is 91.6 Å². The zero-order chi connectivity index (χ0) is 27.5. The number of rotatable bonds is 4. The lowest BCUT2D eigenvalue weighted by Gasteiger charge is -2.48. The van der Waals surface area contributed by atoms with Crippen molar-refractivity contribution in [3.05, 3.63) is 58.2 Å². The van der Waals surface area contributed by atoms with Crippen LogP contribution in [0.25, 0.3) is 22.3 Å². The van der Waals surface area contributed by atoms with Gasteiger partial charge < -0.3 is 14.9 Å². The number of aromatic nitrogens is 3. The summed E-state index contributed by atoms with van der Waals surface area (Å²) in [4.78, 5) is 39.2. The van der Waals surface area contributed by atoms with Crippen molar-refractivity contribution in [2.75, 3.05) is 24.5 Å². The second-order valence-corrected chi connectivity index (χ2v) is 11.5. The van der Waals surface area contributed by atoms with Crippen molar-refractivity contribution in [2.24, 2.45) is 5.41 Å². The first kappa shape index (κ1) is 25.8. The van der Waals surface area contributed by atoms with E-state index in [9.17, 15) is 19.1 Å². The number of benzene rings is 1. The average molecular weight is 552 g/mol. The van der Waals surface area contributed by atoms with Crippen LogP contribution in [0.15, 0.2) is 41.7 Å². The van der Waals surface area contributed by atoms with E-state index in [1.165, 1.54) is 24.3 Å². The van der Waals surface area contributed by atoms with Gasteiger partial charge in [0.1, 0.15) is 23.0 Å². The lowest BCUT2D eigenvalue weighted by Crippen LogP contribution is -2.54. The highest BCUT2D eigenvalue weighted by atomic mass is 35.5. The Hall–Kier alpha value is -3.46. The molecule has 2 saturated carbocycles. The van der Waals surface area contributed by atoms with Crippen molar-refractivity contribution in [3.8, 4) is 17.0 Å². The molecule has 1 N–H and O–H groups in total. The first-order valence-corrected chi connectivity index (χ1v) is 13.9. The highest BCUT2D eigenvalue weighted by Gasteiger charge is 2.50. The summed E-state index contributed by atoms with van der Waals surface area (Å²) in [5.74, 6) is -0.623. The van der Waals surface area contributed by atoms with Crippen molar-refractivity contribution in [1.82, 2.24) is 19.4 Å². The molecular formula is C29H31ClFN5O3. The minimum atomic E-state index is -0.653. The molecule has 0 radical (unpaired) electrons. The van der Waals surface area contributed by atoms with Gasteiger partial charge in [-0.05, 0) is 62.3 Å². The fourth-order valence-electron chi connectivity index (χ4n) is 6.89. The lowest BCUT2D eigenvalue weighted by atomic mass is 9.63. The molecule has 3 heterocycles. The number of carbonyl (C=O) groups is 1. The molecule has 3 fully saturated rings. The maximum Gasteiger partial charge on any atom is 0.351 e. The van der Waals surface area contributed by atoms with Gasteiger partial charge in [0.25, 0.3) is 0 Å². The van der Waals surface area contributed by atoms with Gasteiger partial charge in [0, 0.05) is 31.7 Å². The Labute approximate surface area is 230 Å². The molecule has 3 aromatic rings. The molecule has 2 aromatic heterocycles. The van der Waals surface area contributed by atoms with Crippen LogP contribution in [0.3, 0.4) is 0 Å². The minimum absolute atomic E-state index is 0.0472.